The van der Waals surface area contributed by atoms with Crippen molar-refractivity contribution in [3.63, 3.8) is 0 Å². The van der Waals surface area contributed by atoms with E-state index < -0.39 is 0 Å². The Balaban J connectivity index is 1.40. The van der Waals surface area contributed by atoms with E-state index in [4.69, 9.17) is 21.1 Å². The highest BCUT2D eigenvalue weighted by Crippen LogP contribution is 2.38. The highest BCUT2D eigenvalue weighted by Gasteiger charge is 2.31. The van der Waals surface area contributed by atoms with E-state index in [0.29, 0.717) is 41.4 Å². The summed E-state index contributed by atoms with van der Waals surface area (Å²) in [6, 6.07) is 10.8. The molecule has 0 saturated carbocycles. The number of likely N-dealkylation sites (tertiary alicyclic amines) is 1. The molecule has 1 fully saturated rings. The summed E-state index contributed by atoms with van der Waals surface area (Å²) in [5.74, 6) is 1.33. The molecule has 1 saturated heterocycles. The Kier molecular flexibility index (Phi) is 4.83. The van der Waals surface area contributed by atoms with Crippen molar-refractivity contribution in [3.05, 3.63) is 63.7 Å². The Morgan fingerprint density at radius 2 is 1.97 bits per heavy atom. The number of ether oxygens (including phenoxy) is 2. The standard InChI is InChI=1S/C22H20ClN3O4/c23-15-4-5-17-16(11-15)22(28)25(13-24-17)12-21(27)26-7-1-2-18(26)14-3-6-19-20(10-14)30-9-8-29-19/h3-6,10-11,13,18H,1-2,7-9,12H2/t18-/m1/s1. The topological polar surface area (TPSA) is 73.7 Å². The zero-order chi connectivity index (χ0) is 20.7. The van der Waals surface area contributed by atoms with E-state index >= 15 is 0 Å². The van der Waals surface area contributed by atoms with Gasteiger partial charge < -0.3 is 14.4 Å². The van der Waals surface area contributed by atoms with Gasteiger partial charge in [0, 0.05) is 11.6 Å². The van der Waals surface area contributed by atoms with Crippen molar-refractivity contribution in [2.45, 2.75) is 25.4 Å². The van der Waals surface area contributed by atoms with Gasteiger partial charge in [-0.2, -0.15) is 0 Å². The predicted octanol–water partition coefficient (Wildman–Crippen LogP) is 3.18. The van der Waals surface area contributed by atoms with Crippen LogP contribution in [0, 0.1) is 0 Å². The van der Waals surface area contributed by atoms with E-state index in [-0.39, 0.29) is 24.1 Å². The van der Waals surface area contributed by atoms with Crippen LogP contribution in [0.15, 0.2) is 47.5 Å². The Morgan fingerprint density at radius 1 is 1.13 bits per heavy atom. The number of rotatable bonds is 3. The molecule has 0 aliphatic carbocycles. The molecule has 0 unspecified atom stereocenters. The summed E-state index contributed by atoms with van der Waals surface area (Å²) < 4.78 is 12.6. The molecule has 2 aromatic carbocycles. The van der Waals surface area contributed by atoms with Gasteiger partial charge in [0.15, 0.2) is 11.5 Å². The van der Waals surface area contributed by atoms with Crippen LogP contribution < -0.4 is 15.0 Å². The Hall–Kier alpha value is -3.06. The fourth-order valence-corrected chi connectivity index (χ4v) is 4.33. The van der Waals surface area contributed by atoms with Crippen molar-refractivity contribution < 1.29 is 14.3 Å². The molecule has 3 aromatic rings. The summed E-state index contributed by atoms with van der Waals surface area (Å²) in [5.41, 5.74) is 1.30. The molecule has 3 heterocycles. The molecule has 2 aliphatic rings. The lowest BCUT2D eigenvalue weighted by Crippen LogP contribution is -2.36. The largest absolute Gasteiger partial charge is 0.486 e. The van der Waals surface area contributed by atoms with E-state index in [1.54, 1.807) is 18.2 Å². The molecule has 1 amide bonds. The Labute approximate surface area is 177 Å². The molecular formula is C22H20ClN3O4. The first-order valence-corrected chi connectivity index (χ1v) is 10.3. The predicted molar refractivity (Wildman–Crippen MR) is 112 cm³/mol. The minimum Gasteiger partial charge on any atom is -0.486 e. The first-order chi connectivity index (χ1) is 14.6. The van der Waals surface area contributed by atoms with Gasteiger partial charge >= 0.3 is 0 Å². The van der Waals surface area contributed by atoms with Crippen molar-refractivity contribution >= 4 is 28.4 Å². The number of hydrogen-bond donors (Lipinski definition) is 0. The van der Waals surface area contributed by atoms with E-state index in [9.17, 15) is 9.59 Å². The lowest BCUT2D eigenvalue weighted by molar-refractivity contribution is -0.132. The van der Waals surface area contributed by atoms with Crippen molar-refractivity contribution in [1.82, 2.24) is 14.5 Å². The van der Waals surface area contributed by atoms with E-state index in [2.05, 4.69) is 4.98 Å². The molecule has 7 nitrogen and oxygen atoms in total. The third kappa shape index (κ3) is 3.39. The van der Waals surface area contributed by atoms with Crippen LogP contribution in [0.25, 0.3) is 10.9 Å². The molecule has 0 spiro atoms. The van der Waals surface area contributed by atoms with Gasteiger partial charge in [-0.25, -0.2) is 4.98 Å². The van der Waals surface area contributed by atoms with Gasteiger partial charge in [0.2, 0.25) is 5.91 Å². The van der Waals surface area contributed by atoms with Gasteiger partial charge in [-0.3, -0.25) is 14.2 Å². The highest BCUT2D eigenvalue weighted by molar-refractivity contribution is 6.31. The number of benzene rings is 2. The summed E-state index contributed by atoms with van der Waals surface area (Å²) >= 11 is 6.02. The fraction of sp³-hybridized carbons (Fsp3) is 0.318. The number of aromatic nitrogens is 2. The second-order valence-electron chi connectivity index (χ2n) is 7.49. The van der Waals surface area contributed by atoms with Crippen LogP contribution in [-0.2, 0) is 11.3 Å². The monoisotopic (exact) mass is 425 g/mol. The number of carbonyl (C=O) groups is 1. The number of amides is 1. The van der Waals surface area contributed by atoms with Crippen LogP contribution in [-0.4, -0.2) is 40.1 Å². The van der Waals surface area contributed by atoms with Crippen molar-refractivity contribution in [2.75, 3.05) is 19.8 Å². The summed E-state index contributed by atoms with van der Waals surface area (Å²) in [4.78, 5) is 32.0. The number of carbonyl (C=O) groups excluding carboxylic acids is 1. The van der Waals surface area contributed by atoms with Crippen molar-refractivity contribution in [3.8, 4) is 11.5 Å². The van der Waals surface area contributed by atoms with Crippen molar-refractivity contribution in [2.24, 2.45) is 0 Å². The number of hydrogen-bond acceptors (Lipinski definition) is 5. The van der Waals surface area contributed by atoms with E-state index in [1.807, 2.05) is 23.1 Å². The normalized spacial score (nSPS) is 18.0. The maximum Gasteiger partial charge on any atom is 0.261 e. The summed E-state index contributed by atoms with van der Waals surface area (Å²) in [6.45, 7) is 1.65. The van der Waals surface area contributed by atoms with E-state index in [1.165, 1.54) is 10.9 Å². The molecule has 154 valence electrons. The molecule has 5 rings (SSSR count). The zero-order valence-electron chi connectivity index (χ0n) is 16.2. The molecule has 8 heteroatoms. The second kappa shape index (κ2) is 7.65. The summed E-state index contributed by atoms with van der Waals surface area (Å²) in [6.07, 6.45) is 3.20. The van der Waals surface area contributed by atoms with Crippen molar-refractivity contribution in [1.29, 1.82) is 0 Å². The molecule has 0 bridgehead atoms. The van der Waals surface area contributed by atoms with Crippen LogP contribution in [0.1, 0.15) is 24.4 Å². The first-order valence-electron chi connectivity index (χ1n) is 9.94. The smallest absolute Gasteiger partial charge is 0.261 e. The lowest BCUT2D eigenvalue weighted by Gasteiger charge is -2.27. The molecular weight excluding hydrogens is 406 g/mol. The fourth-order valence-electron chi connectivity index (χ4n) is 4.16. The third-order valence-electron chi connectivity index (χ3n) is 5.62. The molecule has 30 heavy (non-hydrogen) atoms. The third-order valence-corrected chi connectivity index (χ3v) is 5.85. The minimum atomic E-state index is -0.272. The van der Waals surface area contributed by atoms with Gasteiger partial charge in [-0.1, -0.05) is 17.7 Å². The van der Waals surface area contributed by atoms with Gasteiger partial charge in [0.05, 0.1) is 23.3 Å². The SMILES string of the molecule is O=C(Cn1cnc2ccc(Cl)cc2c1=O)N1CCC[C@@H]1c1ccc2c(c1)OCCO2. The Morgan fingerprint density at radius 3 is 2.83 bits per heavy atom. The van der Waals surface area contributed by atoms with Gasteiger partial charge in [-0.15, -0.1) is 0 Å². The molecule has 0 N–H and O–H groups in total. The van der Waals surface area contributed by atoms with Gasteiger partial charge in [0.1, 0.15) is 19.8 Å². The Bertz CT molecular complexity index is 1190. The zero-order valence-corrected chi connectivity index (χ0v) is 17.0. The number of nitrogens with zero attached hydrogens (tertiary/aromatic N) is 3. The van der Waals surface area contributed by atoms with Crippen LogP contribution in [0.5, 0.6) is 11.5 Å². The number of fused-ring (bicyclic) bond motifs is 2. The molecule has 1 atom stereocenters. The minimum absolute atomic E-state index is 0.0492. The van der Waals surface area contributed by atoms with Gasteiger partial charge in [-0.05, 0) is 48.7 Å². The maximum absolute atomic E-state index is 13.1. The number of halogens is 1. The van der Waals surface area contributed by atoms with Gasteiger partial charge in [0.25, 0.3) is 5.56 Å². The van der Waals surface area contributed by atoms with Crippen LogP contribution in [0.4, 0.5) is 0 Å². The van der Waals surface area contributed by atoms with Crippen LogP contribution in [0.2, 0.25) is 5.02 Å². The summed E-state index contributed by atoms with van der Waals surface area (Å²) in [7, 11) is 0. The average molecular weight is 426 g/mol. The highest BCUT2D eigenvalue weighted by atomic mass is 35.5. The molecule has 1 aromatic heterocycles. The van der Waals surface area contributed by atoms with Crippen LogP contribution in [0.3, 0.4) is 0 Å². The molecule has 2 aliphatic heterocycles. The average Bonchev–Trinajstić information content (AvgIpc) is 3.26. The molecule has 0 radical (unpaired) electrons. The first kappa shape index (κ1) is 18.9. The maximum atomic E-state index is 13.1. The summed E-state index contributed by atoms with van der Waals surface area (Å²) in [5, 5.41) is 0.867. The van der Waals surface area contributed by atoms with E-state index in [0.717, 1.165) is 24.2 Å². The quantitative estimate of drug-likeness (QED) is 0.644. The second-order valence-corrected chi connectivity index (χ2v) is 7.92. The lowest BCUT2D eigenvalue weighted by atomic mass is 10.0. The van der Waals surface area contributed by atoms with Crippen LogP contribution >= 0.6 is 11.6 Å².